The average Bonchev–Trinajstić information content (AvgIpc) is 3.71. The molecular formula is C51H37NO. The van der Waals surface area contributed by atoms with E-state index in [-0.39, 0.29) is 5.41 Å². The summed E-state index contributed by atoms with van der Waals surface area (Å²) in [5.74, 6) is 0. The first-order valence-corrected chi connectivity index (χ1v) is 18.7. The van der Waals surface area contributed by atoms with Gasteiger partial charge in [0.25, 0.3) is 0 Å². The minimum atomic E-state index is -0.132. The lowest BCUT2D eigenvalue weighted by atomic mass is 9.79. The van der Waals surface area contributed by atoms with Gasteiger partial charge in [-0.2, -0.15) is 0 Å². The van der Waals surface area contributed by atoms with Crippen molar-refractivity contribution < 1.29 is 4.42 Å². The molecule has 2 heteroatoms. The van der Waals surface area contributed by atoms with Gasteiger partial charge >= 0.3 is 0 Å². The summed E-state index contributed by atoms with van der Waals surface area (Å²) in [6, 6.07) is 53.5. The molecular weight excluding hydrogens is 643 g/mol. The Kier molecular flexibility index (Phi) is 6.46. The van der Waals surface area contributed by atoms with Gasteiger partial charge in [0.15, 0.2) is 0 Å². The van der Waals surface area contributed by atoms with Gasteiger partial charge in [-0.15, -0.1) is 0 Å². The number of hydrogen-bond donors (Lipinski definition) is 0. The molecule has 2 nitrogen and oxygen atoms in total. The van der Waals surface area contributed by atoms with E-state index in [0.717, 1.165) is 40.8 Å². The van der Waals surface area contributed by atoms with Crippen LogP contribution in [-0.2, 0) is 5.41 Å². The van der Waals surface area contributed by atoms with Crippen LogP contribution < -0.4 is 4.90 Å². The third-order valence-electron chi connectivity index (χ3n) is 11.9. The van der Waals surface area contributed by atoms with E-state index in [9.17, 15) is 0 Å². The maximum Gasteiger partial charge on any atom is 0.144 e. The van der Waals surface area contributed by atoms with Crippen LogP contribution in [0.2, 0.25) is 0 Å². The van der Waals surface area contributed by atoms with Crippen molar-refractivity contribution in [1.82, 2.24) is 0 Å². The van der Waals surface area contributed by atoms with Gasteiger partial charge in [0.1, 0.15) is 11.2 Å². The maximum atomic E-state index is 7.06. The van der Waals surface area contributed by atoms with Crippen LogP contribution in [-0.4, -0.2) is 0 Å². The SMILES string of the molecule is CC1(C)c2ccccc2-c2c1c1ccccc1c1c2oc2cc(N(C3=CC=CCC3)c3ccc(-c4cc5ccccc5c5ccccc45)cc3)ccc21. The van der Waals surface area contributed by atoms with Gasteiger partial charge in [0, 0.05) is 44.9 Å². The highest BCUT2D eigenvalue weighted by atomic mass is 16.3. The molecule has 1 heterocycles. The first-order chi connectivity index (χ1) is 26.1. The fourth-order valence-electron chi connectivity index (χ4n) is 9.46. The summed E-state index contributed by atoms with van der Waals surface area (Å²) in [7, 11) is 0. The Hall–Kier alpha value is -6.38. The van der Waals surface area contributed by atoms with Crippen LogP contribution in [0, 0.1) is 0 Å². The van der Waals surface area contributed by atoms with E-state index in [2.05, 4.69) is 183 Å². The average molecular weight is 680 g/mol. The van der Waals surface area contributed by atoms with Crippen LogP contribution in [0.1, 0.15) is 37.8 Å². The summed E-state index contributed by atoms with van der Waals surface area (Å²) < 4.78 is 7.06. The van der Waals surface area contributed by atoms with E-state index < -0.39 is 0 Å². The van der Waals surface area contributed by atoms with Gasteiger partial charge in [-0.1, -0.05) is 135 Å². The number of allylic oxidation sites excluding steroid dienone is 4. The third-order valence-corrected chi connectivity index (χ3v) is 11.9. The first kappa shape index (κ1) is 30.3. The third kappa shape index (κ3) is 4.39. The Morgan fingerprint density at radius 3 is 2.09 bits per heavy atom. The van der Waals surface area contributed by atoms with Crippen molar-refractivity contribution in [1.29, 1.82) is 0 Å². The van der Waals surface area contributed by atoms with Crippen LogP contribution >= 0.6 is 0 Å². The summed E-state index contributed by atoms with van der Waals surface area (Å²) in [6.07, 6.45) is 8.69. The lowest BCUT2D eigenvalue weighted by Gasteiger charge is -2.29. The number of fused-ring (bicyclic) bond motifs is 13. The molecule has 0 atom stereocenters. The summed E-state index contributed by atoms with van der Waals surface area (Å²) in [5.41, 5.74) is 13.0. The second-order valence-corrected chi connectivity index (χ2v) is 15.2. The minimum absolute atomic E-state index is 0.132. The number of nitrogens with zero attached hydrogens (tertiary/aromatic N) is 1. The summed E-state index contributed by atoms with van der Waals surface area (Å²) in [6.45, 7) is 4.71. The molecule has 0 radical (unpaired) electrons. The van der Waals surface area contributed by atoms with Crippen LogP contribution in [0.3, 0.4) is 0 Å². The molecule has 2 aliphatic carbocycles. The Morgan fingerprint density at radius 2 is 1.28 bits per heavy atom. The Balaban J connectivity index is 1.09. The largest absolute Gasteiger partial charge is 0.455 e. The molecule has 11 rings (SSSR count). The van der Waals surface area contributed by atoms with Crippen LogP contribution in [0.4, 0.5) is 11.4 Å². The number of furan rings is 1. The zero-order valence-electron chi connectivity index (χ0n) is 29.9. The summed E-state index contributed by atoms with van der Waals surface area (Å²) in [5, 5.41) is 10.0. The lowest BCUT2D eigenvalue weighted by molar-refractivity contribution is 0.657. The van der Waals surface area contributed by atoms with Crippen molar-refractivity contribution in [3.05, 3.63) is 181 Å². The van der Waals surface area contributed by atoms with E-state index >= 15 is 0 Å². The van der Waals surface area contributed by atoms with E-state index in [4.69, 9.17) is 4.42 Å². The number of rotatable bonds is 4. The smallest absolute Gasteiger partial charge is 0.144 e. The van der Waals surface area contributed by atoms with E-state index in [1.165, 1.54) is 76.8 Å². The number of anilines is 2. The number of hydrogen-bond acceptors (Lipinski definition) is 2. The normalized spacial score (nSPS) is 14.6. The molecule has 0 saturated carbocycles. The minimum Gasteiger partial charge on any atom is -0.455 e. The molecule has 8 aromatic carbocycles. The Bertz CT molecular complexity index is 3030. The molecule has 53 heavy (non-hydrogen) atoms. The van der Waals surface area contributed by atoms with Crippen molar-refractivity contribution in [2.45, 2.75) is 32.1 Å². The second-order valence-electron chi connectivity index (χ2n) is 15.2. The summed E-state index contributed by atoms with van der Waals surface area (Å²) >= 11 is 0. The molecule has 0 bridgehead atoms. The molecule has 0 N–H and O–H groups in total. The monoisotopic (exact) mass is 679 g/mol. The van der Waals surface area contributed by atoms with Gasteiger partial charge in [-0.25, -0.2) is 0 Å². The zero-order valence-corrected chi connectivity index (χ0v) is 29.9. The molecule has 0 amide bonds. The van der Waals surface area contributed by atoms with Gasteiger partial charge in [-0.3, -0.25) is 0 Å². The van der Waals surface area contributed by atoms with Crippen molar-refractivity contribution in [3.63, 3.8) is 0 Å². The highest BCUT2D eigenvalue weighted by Gasteiger charge is 2.39. The molecule has 0 saturated heterocycles. The molecule has 2 aliphatic rings. The van der Waals surface area contributed by atoms with E-state index in [1.54, 1.807) is 0 Å². The quantitative estimate of drug-likeness (QED) is 0.172. The highest BCUT2D eigenvalue weighted by Crippen LogP contribution is 2.56. The topological polar surface area (TPSA) is 16.4 Å². The van der Waals surface area contributed by atoms with Gasteiger partial charge in [-0.05, 0) is 109 Å². The molecule has 0 aliphatic heterocycles. The lowest BCUT2D eigenvalue weighted by Crippen LogP contribution is -2.17. The van der Waals surface area contributed by atoms with Gasteiger partial charge < -0.3 is 9.32 Å². The molecule has 1 aromatic heterocycles. The molecule has 0 spiro atoms. The van der Waals surface area contributed by atoms with E-state index in [1.807, 2.05) is 0 Å². The van der Waals surface area contributed by atoms with Crippen LogP contribution in [0.5, 0.6) is 0 Å². The van der Waals surface area contributed by atoms with Crippen molar-refractivity contribution in [2.24, 2.45) is 0 Å². The predicted molar refractivity (Wildman–Crippen MR) is 224 cm³/mol. The van der Waals surface area contributed by atoms with Crippen LogP contribution in [0.25, 0.3) is 76.5 Å². The Labute approximate surface area is 308 Å². The highest BCUT2D eigenvalue weighted by molar-refractivity contribution is 6.25. The Morgan fingerprint density at radius 1 is 0.585 bits per heavy atom. The molecule has 0 fully saturated rings. The van der Waals surface area contributed by atoms with E-state index in [0.29, 0.717) is 0 Å². The van der Waals surface area contributed by atoms with Gasteiger partial charge in [0.2, 0.25) is 0 Å². The molecule has 9 aromatic rings. The zero-order chi connectivity index (χ0) is 35.3. The second kappa shape index (κ2) is 11.3. The fourth-order valence-corrected chi connectivity index (χ4v) is 9.46. The standard InChI is InChI=1S/C51H37NO/c1-51(2)45-23-13-12-22-42(45)48-49(51)41-21-11-10-20-40(41)47-43-29-28-36(31-46(43)53-50(47)48)52(34-15-4-3-5-16-34)35-26-24-32(25-27-35)44-30-33-14-6-7-17-37(33)38-18-8-9-19-39(38)44/h3-4,6-15,17-31H,5,16H2,1-2H3. The van der Waals surface area contributed by atoms with Crippen molar-refractivity contribution >= 4 is 65.6 Å². The van der Waals surface area contributed by atoms with Crippen molar-refractivity contribution in [3.8, 4) is 22.3 Å². The molecule has 0 unspecified atom stereocenters. The fraction of sp³-hybridized carbons (Fsp3) is 0.0980. The number of benzene rings is 8. The first-order valence-electron chi connectivity index (χ1n) is 18.7. The predicted octanol–water partition coefficient (Wildman–Crippen LogP) is 14.4. The molecule has 252 valence electrons. The maximum absolute atomic E-state index is 7.06. The van der Waals surface area contributed by atoms with Crippen molar-refractivity contribution in [2.75, 3.05) is 4.90 Å². The van der Waals surface area contributed by atoms with Crippen LogP contribution in [0.15, 0.2) is 174 Å². The summed E-state index contributed by atoms with van der Waals surface area (Å²) in [4.78, 5) is 2.42. The van der Waals surface area contributed by atoms with Gasteiger partial charge in [0.05, 0.1) is 0 Å².